The molecule has 0 aromatic carbocycles. The molecule has 0 saturated heterocycles. The Morgan fingerprint density at radius 1 is 1.31 bits per heavy atom. The number of allylic oxidation sites excluding steroid dienone is 4. The Kier molecular flexibility index (Phi) is 4.10. The number of carbonyl (C=O) groups excluding carboxylic acids is 2. The zero-order chi connectivity index (χ0) is 18.9. The Morgan fingerprint density at radius 2 is 2.04 bits per heavy atom. The van der Waals surface area contributed by atoms with Gasteiger partial charge in [-0.2, -0.15) is 0 Å². The maximum atomic E-state index is 12.5. The fourth-order valence-corrected chi connectivity index (χ4v) is 7.07. The Hall–Kier alpha value is -0.930. The number of alkyl halides is 1. The molecule has 4 aliphatic rings. The van der Waals surface area contributed by atoms with E-state index in [0.29, 0.717) is 37.0 Å². The maximum absolute atomic E-state index is 12.5. The SMILES string of the molecule is C[C@H]1C[C@@H]2C(=CC[C@@]3(C)[C@H]2CC[C@]3(O)C(=O)CCl)[C@@]2(C)CCC(=O)C=C12. The standard InChI is InChI=1S/C22H29ClO3/c1-13-10-15-16(20(2)7-4-14(24)11-18(13)20)5-8-21(3)17(15)6-9-22(21,26)19(25)12-23/h5,11,13,15,17,26H,4,6-10,12H2,1-3H3/t13-,15+,17-,20+,21-,22-/m0/s1. The molecule has 0 bridgehead atoms. The van der Waals surface area contributed by atoms with Crippen molar-refractivity contribution in [3.63, 3.8) is 0 Å². The summed E-state index contributed by atoms with van der Waals surface area (Å²) in [5, 5.41) is 11.3. The molecule has 4 heteroatoms. The van der Waals surface area contributed by atoms with E-state index in [1.165, 1.54) is 11.1 Å². The Bertz CT molecular complexity index is 738. The highest BCUT2D eigenvalue weighted by molar-refractivity contribution is 6.29. The monoisotopic (exact) mass is 376 g/mol. The molecule has 26 heavy (non-hydrogen) atoms. The number of carbonyl (C=O) groups is 2. The van der Waals surface area contributed by atoms with Crippen molar-refractivity contribution in [1.82, 2.24) is 0 Å². The van der Waals surface area contributed by atoms with Crippen molar-refractivity contribution in [3.05, 3.63) is 23.3 Å². The minimum Gasteiger partial charge on any atom is -0.381 e. The second-order valence-corrected chi connectivity index (χ2v) is 9.75. The van der Waals surface area contributed by atoms with Crippen molar-refractivity contribution in [2.75, 3.05) is 5.88 Å². The number of halogens is 1. The van der Waals surface area contributed by atoms with Gasteiger partial charge in [-0.05, 0) is 55.9 Å². The summed E-state index contributed by atoms with van der Waals surface area (Å²) in [7, 11) is 0. The summed E-state index contributed by atoms with van der Waals surface area (Å²) in [6, 6.07) is 0. The number of Topliss-reactive ketones (excluding diaryl/α,β-unsaturated/α-hetero) is 1. The Balaban J connectivity index is 1.79. The van der Waals surface area contributed by atoms with Gasteiger partial charge < -0.3 is 5.11 Å². The van der Waals surface area contributed by atoms with E-state index in [9.17, 15) is 14.7 Å². The summed E-state index contributed by atoms with van der Waals surface area (Å²) in [6.45, 7) is 6.62. The molecule has 0 aromatic rings. The molecule has 2 fully saturated rings. The number of hydrogen-bond donors (Lipinski definition) is 1. The average molecular weight is 377 g/mol. The first kappa shape index (κ1) is 18.4. The van der Waals surface area contributed by atoms with Crippen molar-refractivity contribution in [3.8, 4) is 0 Å². The van der Waals surface area contributed by atoms with Crippen molar-refractivity contribution < 1.29 is 14.7 Å². The predicted octanol–water partition coefficient (Wildman–Crippen LogP) is 4.22. The van der Waals surface area contributed by atoms with Crippen molar-refractivity contribution in [2.45, 2.75) is 64.9 Å². The van der Waals surface area contributed by atoms with Crippen LogP contribution in [-0.2, 0) is 9.59 Å². The molecular formula is C22H29ClO3. The van der Waals surface area contributed by atoms with Gasteiger partial charge in [0, 0.05) is 17.3 Å². The van der Waals surface area contributed by atoms with Crippen molar-refractivity contribution in [2.24, 2.45) is 28.6 Å². The molecule has 0 aliphatic heterocycles. The van der Waals surface area contributed by atoms with Gasteiger partial charge in [-0.15, -0.1) is 11.6 Å². The molecule has 0 spiro atoms. The second kappa shape index (κ2) is 5.78. The van der Waals surface area contributed by atoms with Gasteiger partial charge >= 0.3 is 0 Å². The fourth-order valence-electron chi connectivity index (χ4n) is 6.85. The lowest BCUT2D eigenvalue weighted by atomic mass is 9.49. The van der Waals surface area contributed by atoms with Crippen LogP contribution in [0.2, 0.25) is 0 Å². The van der Waals surface area contributed by atoms with Gasteiger partial charge in [0.05, 0.1) is 5.88 Å². The lowest BCUT2D eigenvalue weighted by Crippen LogP contribution is -2.55. The lowest BCUT2D eigenvalue weighted by molar-refractivity contribution is -0.150. The summed E-state index contributed by atoms with van der Waals surface area (Å²) >= 11 is 5.84. The molecule has 2 saturated carbocycles. The van der Waals surface area contributed by atoms with Crippen LogP contribution >= 0.6 is 11.6 Å². The number of fused-ring (bicyclic) bond motifs is 5. The number of hydrogen-bond acceptors (Lipinski definition) is 3. The zero-order valence-electron chi connectivity index (χ0n) is 16.0. The third kappa shape index (κ3) is 2.16. The summed E-state index contributed by atoms with van der Waals surface area (Å²) in [4.78, 5) is 24.5. The van der Waals surface area contributed by atoms with Crippen LogP contribution < -0.4 is 0 Å². The molecule has 142 valence electrons. The highest BCUT2D eigenvalue weighted by Gasteiger charge is 2.64. The van der Waals surface area contributed by atoms with Crippen LogP contribution in [0.5, 0.6) is 0 Å². The molecule has 3 nitrogen and oxygen atoms in total. The van der Waals surface area contributed by atoms with E-state index in [2.05, 4.69) is 26.8 Å². The van der Waals surface area contributed by atoms with Crippen molar-refractivity contribution in [1.29, 1.82) is 0 Å². The molecular weight excluding hydrogens is 348 g/mol. The first-order chi connectivity index (χ1) is 12.2. The Morgan fingerprint density at radius 3 is 2.73 bits per heavy atom. The van der Waals surface area contributed by atoms with Gasteiger partial charge in [-0.25, -0.2) is 0 Å². The van der Waals surface area contributed by atoms with Crippen molar-refractivity contribution >= 4 is 23.2 Å². The van der Waals surface area contributed by atoms with Gasteiger partial charge in [-0.1, -0.05) is 38.0 Å². The second-order valence-electron chi connectivity index (χ2n) is 9.48. The number of rotatable bonds is 2. The van der Waals surface area contributed by atoms with Crippen LogP contribution in [-0.4, -0.2) is 28.2 Å². The largest absolute Gasteiger partial charge is 0.381 e. The number of aliphatic hydroxyl groups is 1. The molecule has 6 atom stereocenters. The van der Waals surface area contributed by atoms with E-state index < -0.39 is 11.0 Å². The van der Waals surface area contributed by atoms with Gasteiger partial charge in [0.15, 0.2) is 11.6 Å². The van der Waals surface area contributed by atoms with Gasteiger partial charge in [0.25, 0.3) is 0 Å². The molecule has 0 aromatic heterocycles. The zero-order valence-corrected chi connectivity index (χ0v) is 16.7. The maximum Gasteiger partial charge on any atom is 0.179 e. The van der Waals surface area contributed by atoms with Gasteiger partial charge in [-0.3, -0.25) is 9.59 Å². The summed E-state index contributed by atoms with van der Waals surface area (Å²) in [5.41, 5.74) is 0.984. The van der Waals surface area contributed by atoms with E-state index >= 15 is 0 Å². The molecule has 0 heterocycles. The van der Waals surface area contributed by atoms with Gasteiger partial charge in [0.1, 0.15) is 5.60 Å². The fraction of sp³-hybridized carbons (Fsp3) is 0.727. The minimum atomic E-state index is -1.30. The van der Waals surface area contributed by atoms with E-state index in [1.807, 2.05) is 6.08 Å². The normalized spacial score (nSPS) is 47.4. The smallest absolute Gasteiger partial charge is 0.179 e. The highest BCUT2D eigenvalue weighted by atomic mass is 35.5. The average Bonchev–Trinajstić information content (AvgIpc) is 2.88. The van der Waals surface area contributed by atoms with Crippen LogP contribution in [0.1, 0.15) is 59.3 Å². The van der Waals surface area contributed by atoms with E-state index in [4.69, 9.17) is 11.6 Å². The van der Waals surface area contributed by atoms with Crippen LogP contribution in [0, 0.1) is 28.6 Å². The van der Waals surface area contributed by atoms with Crippen LogP contribution in [0.15, 0.2) is 23.3 Å². The number of ketones is 2. The topological polar surface area (TPSA) is 54.4 Å². The predicted molar refractivity (Wildman–Crippen MR) is 102 cm³/mol. The third-order valence-corrected chi connectivity index (χ3v) is 8.64. The van der Waals surface area contributed by atoms with E-state index in [1.54, 1.807) is 0 Å². The summed E-state index contributed by atoms with van der Waals surface area (Å²) < 4.78 is 0. The molecule has 0 radical (unpaired) electrons. The molecule has 1 N–H and O–H groups in total. The van der Waals surface area contributed by atoms with Crippen LogP contribution in [0.25, 0.3) is 0 Å². The summed E-state index contributed by atoms with van der Waals surface area (Å²) in [6.07, 6.45) is 8.82. The summed E-state index contributed by atoms with van der Waals surface area (Å²) in [5.74, 6) is 0.968. The van der Waals surface area contributed by atoms with E-state index in [0.717, 1.165) is 19.3 Å². The van der Waals surface area contributed by atoms with Gasteiger partial charge in [0.2, 0.25) is 0 Å². The Labute approximate surface area is 160 Å². The lowest BCUT2D eigenvalue weighted by Gasteiger charge is -2.56. The van der Waals surface area contributed by atoms with Crippen LogP contribution in [0.4, 0.5) is 0 Å². The first-order valence-electron chi connectivity index (χ1n) is 9.94. The molecule has 4 rings (SSSR count). The first-order valence-corrected chi connectivity index (χ1v) is 10.5. The quantitative estimate of drug-likeness (QED) is 0.579. The molecule has 0 amide bonds. The van der Waals surface area contributed by atoms with Crippen LogP contribution in [0.3, 0.4) is 0 Å². The third-order valence-electron chi connectivity index (χ3n) is 8.39. The molecule has 4 aliphatic carbocycles. The highest BCUT2D eigenvalue weighted by Crippen LogP contribution is 2.66. The minimum absolute atomic E-state index is 0.0330. The molecule has 0 unspecified atom stereocenters. The van der Waals surface area contributed by atoms with E-state index in [-0.39, 0.29) is 22.9 Å².